The van der Waals surface area contributed by atoms with Gasteiger partial charge in [-0.05, 0) is 18.6 Å². The molecule has 2 nitrogen and oxygen atoms in total. The summed E-state index contributed by atoms with van der Waals surface area (Å²) in [7, 11) is 1.60. The zero-order chi connectivity index (χ0) is 13.6. The van der Waals surface area contributed by atoms with Crippen molar-refractivity contribution in [1.29, 1.82) is 0 Å². The Balaban J connectivity index is 3.01. The van der Waals surface area contributed by atoms with Crippen LogP contribution in [0.5, 0.6) is 0 Å². The maximum absolute atomic E-state index is 9.71. The van der Waals surface area contributed by atoms with Gasteiger partial charge in [-0.15, -0.1) is 0 Å². The first-order valence-corrected chi connectivity index (χ1v) is 6.96. The molecule has 0 aliphatic heterocycles. The maximum atomic E-state index is 9.71. The van der Waals surface area contributed by atoms with E-state index in [2.05, 4.69) is 6.92 Å². The molecule has 18 heavy (non-hydrogen) atoms. The molecule has 0 heterocycles. The van der Waals surface area contributed by atoms with Crippen LogP contribution in [0.1, 0.15) is 38.2 Å². The summed E-state index contributed by atoms with van der Waals surface area (Å²) in [4.78, 5) is 0. The monoisotopic (exact) mass is 290 g/mol. The van der Waals surface area contributed by atoms with Crippen LogP contribution in [0.3, 0.4) is 0 Å². The Hall–Kier alpha value is -0.280. The molecular formula is C14H20Cl2O2. The van der Waals surface area contributed by atoms with Gasteiger partial charge in [0.15, 0.2) is 0 Å². The maximum Gasteiger partial charge on any atom is 0.117 e. The third-order valence-corrected chi connectivity index (χ3v) is 3.80. The van der Waals surface area contributed by atoms with Crippen molar-refractivity contribution in [3.8, 4) is 0 Å². The molecule has 1 unspecified atom stereocenters. The van der Waals surface area contributed by atoms with Gasteiger partial charge in [0, 0.05) is 22.7 Å². The lowest BCUT2D eigenvalue weighted by Crippen LogP contribution is -2.33. The first-order chi connectivity index (χ1) is 8.59. The van der Waals surface area contributed by atoms with Gasteiger partial charge >= 0.3 is 0 Å². The number of unbranched alkanes of at least 4 members (excludes halogenated alkanes) is 2. The molecule has 0 fully saturated rings. The molecular weight excluding hydrogens is 271 g/mol. The van der Waals surface area contributed by atoms with E-state index in [1.807, 2.05) is 6.07 Å². The SMILES string of the molecule is CCCCCC(CO)(OC)c1ccc(Cl)cc1Cl. The predicted molar refractivity (Wildman–Crippen MR) is 76.4 cm³/mol. The van der Waals surface area contributed by atoms with Gasteiger partial charge < -0.3 is 9.84 Å². The molecule has 0 amide bonds. The normalized spacial score (nSPS) is 14.5. The number of hydrogen-bond acceptors (Lipinski definition) is 2. The molecule has 0 saturated heterocycles. The quantitative estimate of drug-likeness (QED) is 0.754. The van der Waals surface area contributed by atoms with E-state index in [9.17, 15) is 5.11 Å². The van der Waals surface area contributed by atoms with Crippen molar-refractivity contribution in [1.82, 2.24) is 0 Å². The van der Waals surface area contributed by atoms with Crippen LogP contribution in [0, 0.1) is 0 Å². The number of halogens is 2. The Morgan fingerprint density at radius 2 is 2.00 bits per heavy atom. The average molecular weight is 291 g/mol. The molecule has 0 bridgehead atoms. The van der Waals surface area contributed by atoms with E-state index in [0.717, 1.165) is 31.2 Å². The summed E-state index contributed by atoms with van der Waals surface area (Å²) in [5, 5.41) is 10.8. The molecule has 1 aromatic rings. The molecule has 0 saturated carbocycles. The van der Waals surface area contributed by atoms with Gasteiger partial charge in [-0.2, -0.15) is 0 Å². The average Bonchev–Trinajstić information content (AvgIpc) is 2.36. The highest BCUT2D eigenvalue weighted by Gasteiger charge is 2.32. The van der Waals surface area contributed by atoms with Crippen LogP contribution in [-0.4, -0.2) is 18.8 Å². The Morgan fingerprint density at radius 1 is 1.28 bits per heavy atom. The summed E-state index contributed by atoms with van der Waals surface area (Å²) in [6.45, 7) is 2.05. The summed E-state index contributed by atoms with van der Waals surface area (Å²) < 4.78 is 5.56. The van der Waals surface area contributed by atoms with Crippen molar-refractivity contribution in [3.05, 3.63) is 33.8 Å². The number of aliphatic hydroxyl groups is 1. The van der Waals surface area contributed by atoms with Crippen molar-refractivity contribution < 1.29 is 9.84 Å². The predicted octanol–water partition coefficient (Wildman–Crippen LogP) is 4.41. The van der Waals surface area contributed by atoms with Crippen LogP contribution < -0.4 is 0 Å². The van der Waals surface area contributed by atoms with Gasteiger partial charge in [-0.1, -0.05) is 55.5 Å². The summed E-state index contributed by atoms with van der Waals surface area (Å²) >= 11 is 12.1. The van der Waals surface area contributed by atoms with Crippen LogP contribution in [0.4, 0.5) is 0 Å². The molecule has 0 radical (unpaired) electrons. The van der Waals surface area contributed by atoms with Crippen molar-refractivity contribution in [2.75, 3.05) is 13.7 Å². The van der Waals surface area contributed by atoms with Crippen LogP contribution in [0.15, 0.2) is 18.2 Å². The van der Waals surface area contributed by atoms with E-state index in [1.54, 1.807) is 19.2 Å². The number of methoxy groups -OCH3 is 1. The number of hydrogen-bond donors (Lipinski definition) is 1. The van der Waals surface area contributed by atoms with E-state index in [-0.39, 0.29) is 6.61 Å². The highest BCUT2D eigenvalue weighted by molar-refractivity contribution is 6.35. The smallest absolute Gasteiger partial charge is 0.117 e. The Bertz CT molecular complexity index is 376. The lowest BCUT2D eigenvalue weighted by Gasteiger charge is -2.32. The molecule has 0 aliphatic rings. The molecule has 1 atom stereocenters. The molecule has 1 aromatic carbocycles. The standard InChI is InChI=1S/C14H20Cl2O2/c1-3-4-5-8-14(10-17,18-2)12-7-6-11(15)9-13(12)16/h6-7,9,17H,3-5,8,10H2,1-2H3. The molecule has 0 aromatic heterocycles. The Kier molecular flexibility index (Phi) is 6.44. The van der Waals surface area contributed by atoms with Gasteiger partial charge in [-0.3, -0.25) is 0 Å². The van der Waals surface area contributed by atoms with E-state index in [1.165, 1.54) is 0 Å². The van der Waals surface area contributed by atoms with E-state index in [4.69, 9.17) is 27.9 Å². The first-order valence-electron chi connectivity index (χ1n) is 6.21. The van der Waals surface area contributed by atoms with Crippen LogP contribution in [0.2, 0.25) is 10.0 Å². The minimum absolute atomic E-state index is 0.0887. The van der Waals surface area contributed by atoms with E-state index in [0.29, 0.717) is 10.0 Å². The van der Waals surface area contributed by atoms with Crippen molar-refractivity contribution in [2.45, 2.75) is 38.2 Å². The largest absolute Gasteiger partial charge is 0.393 e. The van der Waals surface area contributed by atoms with Crippen LogP contribution in [-0.2, 0) is 10.3 Å². The zero-order valence-corrected chi connectivity index (χ0v) is 12.4. The molecule has 0 spiro atoms. The highest BCUT2D eigenvalue weighted by Crippen LogP contribution is 2.36. The fourth-order valence-corrected chi connectivity index (χ4v) is 2.68. The topological polar surface area (TPSA) is 29.5 Å². The van der Waals surface area contributed by atoms with Gasteiger partial charge in [-0.25, -0.2) is 0 Å². The summed E-state index contributed by atoms with van der Waals surface area (Å²) in [6.07, 6.45) is 3.97. The second-order valence-electron chi connectivity index (χ2n) is 4.44. The summed E-state index contributed by atoms with van der Waals surface area (Å²) in [6, 6.07) is 5.28. The molecule has 1 N–H and O–H groups in total. The third kappa shape index (κ3) is 3.61. The molecule has 4 heteroatoms. The van der Waals surface area contributed by atoms with Crippen molar-refractivity contribution in [2.24, 2.45) is 0 Å². The van der Waals surface area contributed by atoms with Crippen molar-refractivity contribution >= 4 is 23.2 Å². The van der Waals surface area contributed by atoms with Gasteiger partial charge in [0.05, 0.1) is 6.61 Å². The summed E-state index contributed by atoms with van der Waals surface area (Å²) in [5.41, 5.74) is 0.0753. The van der Waals surface area contributed by atoms with E-state index >= 15 is 0 Å². The number of rotatable bonds is 7. The zero-order valence-electron chi connectivity index (χ0n) is 10.9. The highest BCUT2D eigenvalue weighted by atomic mass is 35.5. The molecule has 0 aliphatic carbocycles. The lowest BCUT2D eigenvalue weighted by molar-refractivity contribution is -0.0646. The number of aliphatic hydroxyl groups excluding tert-OH is 1. The summed E-state index contributed by atoms with van der Waals surface area (Å²) in [5.74, 6) is 0. The second-order valence-corrected chi connectivity index (χ2v) is 5.28. The molecule has 102 valence electrons. The lowest BCUT2D eigenvalue weighted by atomic mass is 9.88. The van der Waals surface area contributed by atoms with E-state index < -0.39 is 5.60 Å². The Morgan fingerprint density at radius 3 is 2.50 bits per heavy atom. The number of ether oxygens (including phenoxy) is 1. The Labute approximate surface area is 119 Å². The minimum atomic E-state index is -0.725. The van der Waals surface area contributed by atoms with Gasteiger partial charge in [0.1, 0.15) is 5.60 Å². The number of benzene rings is 1. The van der Waals surface area contributed by atoms with Gasteiger partial charge in [0.2, 0.25) is 0 Å². The first kappa shape index (κ1) is 15.8. The fraction of sp³-hybridized carbons (Fsp3) is 0.571. The van der Waals surface area contributed by atoms with Crippen molar-refractivity contribution in [3.63, 3.8) is 0 Å². The van der Waals surface area contributed by atoms with Crippen LogP contribution >= 0.6 is 23.2 Å². The van der Waals surface area contributed by atoms with Crippen LogP contribution in [0.25, 0.3) is 0 Å². The fourth-order valence-electron chi connectivity index (χ4n) is 2.09. The second kappa shape index (κ2) is 7.34. The third-order valence-electron chi connectivity index (χ3n) is 3.25. The van der Waals surface area contributed by atoms with Gasteiger partial charge in [0.25, 0.3) is 0 Å². The molecule has 1 rings (SSSR count). The minimum Gasteiger partial charge on any atom is -0.393 e.